The first-order valence-electron chi connectivity index (χ1n) is 9.47. The minimum absolute atomic E-state index is 0.0977. The third kappa shape index (κ3) is 3.92. The van der Waals surface area contributed by atoms with Crippen molar-refractivity contribution in [2.75, 3.05) is 20.3 Å². The van der Waals surface area contributed by atoms with E-state index in [2.05, 4.69) is 4.99 Å². The van der Waals surface area contributed by atoms with Crippen LogP contribution in [0.3, 0.4) is 0 Å². The Labute approximate surface area is 175 Å². The second kappa shape index (κ2) is 8.64. The molecule has 0 aliphatic heterocycles. The van der Waals surface area contributed by atoms with E-state index in [1.165, 1.54) is 17.4 Å². The molecule has 2 heterocycles. The van der Waals surface area contributed by atoms with E-state index in [1.54, 1.807) is 25.3 Å². The normalized spacial score (nSPS) is 12.0. The Morgan fingerprint density at radius 2 is 2.03 bits per heavy atom. The molecule has 0 spiro atoms. The van der Waals surface area contributed by atoms with Gasteiger partial charge in [-0.2, -0.15) is 4.99 Å². The lowest BCUT2D eigenvalue weighted by Gasteiger charge is -2.06. The zero-order valence-corrected chi connectivity index (χ0v) is 17.4. The lowest BCUT2D eigenvalue weighted by Crippen LogP contribution is -2.21. The Balaban J connectivity index is 1.83. The van der Waals surface area contributed by atoms with Crippen LogP contribution in [0.4, 0.5) is 0 Å². The highest BCUT2D eigenvalue weighted by Gasteiger charge is 2.15. The highest BCUT2D eigenvalue weighted by Crippen LogP contribution is 2.23. The van der Waals surface area contributed by atoms with E-state index in [0.717, 1.165) is 16.0 Å². The van der Waals surface area contributed by atoms with Gasteiger partial charge < -0.3 is 18.5 Å². The number of carbonyl (C=O) groups is 1. The molecular formula is C22H20N2O5S. The van der Waals surface area contributed by atoms with Gasteiger partial charge in [0.05, 0.1) is 23.4 Å². The molecule has 7 nitrogen and oxygen atoms in total. The minimum atomic E-state index is -0.703. The van der Waals surface area contributed by atoms with Gasteiger partial charge >= 0.3 is 5.63 Å². The van der Waals surface area contributed by atoms with Crippen LogP contribution in [0.2, 0.25) is 0 Å². The average molecular weight is 424 g/mol. The molecule has 0 saturated carbocycles. The van der Waals surface area contributed by atoms with Crippen LogP contribution in [0.15, 0.2) is 62.7 Å². The Hall–Kier alpha value is -3.23. The van der Waals surface area contributed by atoms with E-state index in [9.17, 15) is 9.59 Å². The molecular weight excluding hydrogens is 404 g/mol. The number of rotatable bonds is 6. The molecule has 4 aromatic rings. The molecule has 4 rings (SSSR count). The number of methoxy groups -OCH3 is 1. The fourth-order valence-electron chi connectivity index (χ4n) is 3.15. The lowest BCUT2D eigenvalue weighted by atomic mass is 10.2. The number of para-hydroxylation sites is 1. The quantitative estimate of drug-likeness (QED) is 0.442. The maximum atomic E-state index is 12.9. The largest absolute Gasteiger partial charge is 0.494 e. The van der Waals surface area contributed by atoms with Gasteiger partial charge in [0.25, 0.3) is 5.91 Å². The summed E-state index contributed by atoms with van der Waals surface area (Å²) >= 11 is 1.35. The number of nitrogens with zero attached hydrogens (tertiary/aromatic N) is 2. The number of ether oxygens (including phenoxy) is 2. The van der Waals surface area contributed by atoms with Crippen molar-refractivity contribution in [3.05, 3.63) is 69.3 Å². The predicted molar refractivity (Wildman–Crippen MR) is 115 cm³/mol. The van der Waals surface area contributed by atoms with Crippen LogP contribution < -0.4 is 15.2 Å². The number of fused-ring (bicyclic) bond motifs is 2. The topological polar surface area (TPSA) is 83.0 Å². The number of carbonyl (C=O) groups excluding carboxylic acids is 1. The van der Waals surface area contributed by atoms with Gasteiger partial charge in [0.15, 0.2) is 4.80 Å². The van der Waals surface area contributed by atoms with Crippen molar-refractivity contribution >= 4 is 38.4 Å². The van der Waals surface area contributed by atoms with Crippen molar-refractivity contribution in [3.8, 4) is 5.75 Å². The van der Waals surface area contributed by atoms with E-state index >= 15 is 0 Å². The highest BCUT2D eigenvalue weighted by atomic mass is 32.1. The third-order valence-electron chi connectivity index (χ3n) is 4.55. The molecule has 0 fully saturated rings. The van der Waals surface area contributed by atoms with Crippen molar-refractivity contribution < 1.29 is 18.7 Å². The number of amides is 1. The Morgan fingerprint density at radius 3 is 2.83 bits per heavy atom. The zero-order valence-electron chi connectivity index (χ0n) is 16.6. The van der Waals surface area contributed by atoms with Crippen LogP contribution in [-0.4, -0.2) is 30.8 Å². The van der Waals surface area contributed by atoms with Gasteiger partial charge in [0.2, 0.25) is 0 Å². The first kappa shape index (κ1) is 20.1. The number of hydrogen-bond donors (Lipinski definition) is 0. The zero-order chi connectivity index (χ0) is 21.1. The molecule has 2 aromatic carbocycles. The van der Waals surface area contributed by atoms with Crippen LogP contribution >= 0.6 is 11.3 Å². The van der Waals surface area contributed by atoms with Gasteiger partial charge in [-0.3, -0.25) is 4.79 Å². The summed E-state index contributed by atoms with van der Waals surface area (Å²) in [4.78, 5) is 29.9. The van der Waals surface area contributed by atoms with Crippen LogP contribution in [0.25, 0.3) is 21.2 Å². The van der Waals surface area contributed by atoms with Crippen molar-refractivity contribution in [1.82, 2.24) is 4.57 Å². The van der Waals surface area contributed by atoms with E-state index in [0.29, 0.717) is 35.5 Å². The Kier molecular flexibility index (Phi) is 5.78. The van der Waals surface area contributed by atoms with Crippen molar-refractivity contribution in [2.24, 2.45) is 4.99 Å². The van der Waals surface area contributed by atoms with E-state index in [4.69, 9.17) is 13.9 Å². The van der Waals surface area contributed by atoms with Crippen LogP contribution in [0.1, 0.15) is 17.3 Å². The fraction of sp³-hybridized carbons (Fsp3) is 0.227. The summed E-state index contributed by atoms with van der Waals surface area (Å²) < 4.78 is 18.9. The molecule has 2 aromatic heterocycles. The third-order valence-corrected chi connectivity index (χ3v) is 5.59. The first-order chi connectivity index (χ1) is 14.6. The number of hydrogen-bond acceptors (Lipinski definition) is 6. The number of thiazole rings is 1. The molecule has 30 heavy (non-hydrogen) atoms. The standard InChI is InChI=1S/C22H20N2O5S/c1-3-28-15-8-9-17-19(13-15)30-22(24(17)10-11-27-2)23-20(25)16-12-14-6-4-5-7-18(14)29-21(16)26/h4-9,12-13H,3,10-11H2,1-2H3. The summed E-state index contributed by atoms with van der Waals surface area (Å²) in [6.07, 6.45) is 0. The van der Waals surface area contributed by atoms with Gasteiger partial charge in [-0.1, -0.05) is 29.5 Å². The van der Waals surface area contributed by atoms with Gasteiger partial charge in [-0.15, -0.1) is 0 Å². The van der Waals surface area contributed by atoms with Gasteiger partial charge in [-0.05, 0) is 37.3 Å². The second-order valence-corrected chi connectivity index (χ2v) is 7.50. The second-order valence-electron chi connectivity index (χ2n) is 6.49. The SMILES string of the molecule is CCOc1ccc2c(c1)sc(=NC(=O)c1cc3ccccc3oc1=O)n2CCOC. The van der Waals surface area contributed by atoms with E-state index in [-0.39, 0.29) is 5.56 Å². The molecule has 0 saturated heterocycles. The molecule has 0 radical (unpaired) electrons. The molecule has 0 N–H and O–H groups in total. The molecule has 1 amide bonds. The van der Waals surface area contributed by atoms with Crippen LogP contribution in [-0.2, 0) is 11.3 Å². The molecule has 0 unspecified atom stereocenters. The molecule has 8 heteroatoms. The molecule has 0 aliphatic rings. The summed E-state index contributed by atoms with van der Waals surface area (Å²) in [5.41, 5.74) is 0.544. The smallest absolute Gasteiger partial charge is 0.349 e. The molecule has 0 bridgehead atoms. The van der Waals surface area contributed by atoms with E-state index in [1.807, 2.05) is 35.8 Å². The number of benzene rings is 2. The highest BCUT2D eigenvalue weighted by molar-refractivity contribution is 7.16. The maximum Gasteiger partial charge on any atom is 0.349 e. The summed E-state index contributed by atoms with van der Waals surface area (Å²) in [6, 6.07) is 14.3. The minimum Gasteiger partial charge on any atom is -0.494 e. The summed E-state index contributed by atoms with van der Waals surface area (Å²) in [5, 5.41) is 0.667. The van der Waals surface area contributed by atoms with Gasteiger partial charge in [0.1, 0.15) is 16.9 Å². The maximum absolute atomic E-state index is 12.9. The summed E-state index contributed by atoms with van der Waals surface area (Å²) in [7, 11) is 1.62. The monoisotopic (exact) mass is 424 g/mol. The Bertz CT molecular complexity index is 1350. The average Bonchev–Trinajstić information content (AvgIpc) is 3.07. The van der Waals surface area contributed by atoms with Crippen molar-refractivity contribution in [1.29, 1.82) is 0 Å². The Morgan fingerprint density at radius 1 is 1.20 bits per heavy atom. The van der Waals surface area contributed by atoms with Crippen LogP contribution in [0.5, 0.6) is 5.75 Å². The lowest BCUT2D eigenvalue weighted by molar-refractivity contribution is 0.0994. The molecule has 0 aliphatic carbocycles. The van der Waals surface area contributed by atoms with E-state index < -0.39 is 11.5 Å². The summed E-state index contributed by atoms with van der Waals surface area (Å²) in [6.45, 7) is 3.46. The van der Waals surface area contributed by atoms with Gasteiger partial charge in [0, 0.05) is 19.0 Å². The fourth-order valence-corrected chi connectivity index (χ4v) is 4.24. The van der Waals surface area contributed by atoms with Crippen molar-refractivity contribution in [3.63, 3.8) is 0 Å². The summed E-state index contributed by atoms with van der Waals surface area (Å²) in [5.74, 6) is 0.107. The van der Waals surface area contributed by atoms with Gasteiger partial charge in [-0.25, -0.2) is 4.79 Å². The first-order valence-corrected chi connectivity index (χ1v) is 10.3. The predicted octanol–water partition coefficient (Wildman–Crippen LogP) is 3.60. The number of aromatic nitrogens is 1. The molecule has 0 atom stereocenters. The van der Waals surface area contributed by atoms with Crippen LogP contribution in [0, 0.1) is 0 Å². The molecule has 154 valence electrons. The van der Waals surface area contributed by atoms with Crippen molar-refractivity contribution in [2.45, 2.75) is 13.5 Å².